The van der Waals surface area contributed by atoms with Crippen molar-refractivity contribution < 1.29 is 49.5 Å². The van der Waals surface area contributed by atoms with Crippen LogP contribution in [0.1, 0.15) is 19.3 Å². The van der Waals surface area contributed by atoms with Crippen molar-refractivity contribution in [1.82, 2.24) is 5.48 Å². The summed E-state index contributed by atoms with van der Waals surface area (Å²) in [4.78, 5) is 12.0. The average molecular weight is 552 g/mol. The van der Waals surface area contributed by atoms with Crippen molar-refractivity contribution in [2.75, 3.05) is 17.3 Å². The van der Waals surface area contributed by atoms with E-state index in [-0.39, 0.29) is 40.2 Å². The van der Waals surface area contributed by atoms with Crippen molar-refractivity contribution in [3.05, 3.63) is 48.5 Å². The molecule has 1 fully saturated rings. The Hall–Kier alpha value is -2.84. The van der Waals surface area contributed by atoms with E-state index >= 15 is 0 Å². The zero-order chi connectivity index (χ0) is 26.6. The minimum absolute atomic E-state index is 0.0303. The lowest BCUT2D eigenvalue weighted by molar-refractivity contribution is -0.274. The van der Waals surface area contributed by atoms with Gasteiger partial charge in [0.25, 0.3) is 0 Å². The molecule has 2 aromatic rings. The summed E-state index contributed by atoms with van der Waals surface area (Å²) in [5.74, 6) is -2.80. The number of hydroxylamine groups is 1. The van der Waals surface area contributed by atoms with Crippen molar-refractivity contribution >= 4 is 25.6 Å². The standard InChI is InChI=1S/C22H24F3NO8S2/c23-22(24,25)34-19-3-1-17(2-4-19)33-18-5-7-20(8-6-18)36(31,32)14-16(21(27)26-28)13-15-9-11-35(29,30)12-10-15/h1-8,15-16,28H,9-14H2,(H,26,27). The monoisotopic (exact) mass is 551 g/mol. The van der Waals surface area contributed by atoms with Gasteiger partial charge in [-0.2, -0.15) is 0 Å². The minimum atomic E-state index is -4.82. The third kappa shape index (κ3) is 8.10. The lowest BCUT2D eigenvalue weighted by atomic mass is 9.91. The smallest absolute Gasteiger partial charge is 0.457 e. The maximum absolute atomic E-state index is 12.9. The van der Waals surface area contributed by atoms with Gasteiger partial charge in [-0.05, 0) is 73.7 Å². The van der Waals surface area contributed by atoms with E-state index in [2.05, 4.69) is 4.74 Å². The Morgan fingerprint density at radius 2 is 1.50 bits per heavy atom. The van der Waals surface area contributed by atoms with Gasteiger partial charge in [0.2, 0.25) is 5.91 Å². The molecule has 1 aliphatic heterocycles. The van der Waals surface area contributed by atoms with Crippen LogP contribution >= 0.6 is 0 Å². The van der Waals surface area contributed by atoms with Crippen LogP contribution in [0.5, 0.6) is 17.2 Å². The molecule has 36 heavy (non-hydrogen) atoms. The Labute approximate surface area is 206 Å². The summed E-state index contributed by atoms with van der Waals surface area (Å²) in [5, 5.41) is 9.06. The molecule has 14 heteroatoms. The molecule has 1 saturated heterocycles. The molecule has 9 nitrogen and oxygen atoms in total. The molecule has 2 aromatic carbocycles. The van der Waals surface area contributed by atoms with Crippen LogP contribution in [0, 0.1) is 11.8 Å². The average Bonchev–Trinajstić information content (AvgIpc) is 2.80. The summed E-state index contributed by atoms with van der Waals surface area (Å²) in [6.07, 6.45) is -4.09. The van der Waals surface area contributed by atoms with Crippen LogP contribution in [0.15, 0.2) is 53.4 Å². The molecule has 1 atom stereocenters. The van der Waals surface area contributed by atoms with E-state index in [0.717, 1.165) is 12.1 Å². The maximum atomic E-state index is 12.9. The van der Waals surface area contributed by atoms with E-state index in [0.29, 0.717) is 12.8 Å². The molecule has 0 radical (unpaired) electrons. The highest BCUT2D eigenvalue weighted by Crippen LogP contribution is 2.30. The van der Waals surface area contributed by atoms with E-state index in [1.807, 2.05) is 0 Å². The molecular weight excluding hydrogens is 527 g/mol. The molecule has 198 valence electrons. The van der Waals surface area contributed by atoms with E-state index in [9.17, 15) is 34.8 Å². The molecule has 1 aliphatic rings. The number of carbonyl (C=O) groups excluding carboxylic acids is 1. The first-order valence-electron chi connectivity index (χ1n) is 10.8. The number of sulfone groups is 2. The Bertz CT molecular complexity index is 1250. The highest BCUT2D eigenvalue weighted by atomic mass is 32.2. The Balaban J connectivity index is 1.65. The highest BCUT2D eigenvalue weighted by molar-refractivity contribution is 7.91. The fourth-order valence-electron chi connectivity index (χ4n) is 3.84. The summed E-state index contributed by atoms with van der Waals surface area (Å²) in [5.41, 5.74) is 1.48. The van der Waals surface area contributed by atoms with Crippen molar-refractivity contribution in [2.45, 2.75) is 30.5 Å². The van der Waals surface area contributed by atoms with E-state index < -0.39 is 49.4 Å². The number of halogens is 3. The minimum Gasteiger partial charge on any atom is -0.457 e. The third-order valence-corrected chi connectivity index (χ3v) is 9.22. The van der Waals surface area contributed by atoms with Gasteiger partial charge in [-0.25, -0.2) is 22.3 Å². The Morgan fingerprint density at radius 1 is 1.00 bits per heavy atom. The summed E-state index contributed by atoms with van der Waals surface area (Å²) in [6.45, 7) is 0. The van der Waals surface area contributed by atoms with Crippen LogP contribution in [-0.4, -0.2) is 51.6 Å². The van der Waals surface area contributed by atoms with Gasteiger partial charge < -0.3 is 9.47 Å². The number of hydrogen-bond acceptors (Lipinski definition) is 8. The molecule has 2 N–H and O–H groups in total. The molecular formula is C22H24F3NO8S2. The van der Waals surface area contributed by atoms with Gasteiger partial charge in [0.1, 0.15) is 27.1 Å². The van der Waals surface area contributed by atoms with Gasteiger partial charge in [-0.3, -0.25) is 10.0 Å². The lowest BCUT2D eigenvalue weighted by Crippen LogP contribution is -2.35. The van der Waals surface area contributed by atoms with Crippen molar-refractivity contribution in [2.24, 2.45) is 11.8 Å². The number of hydrogen-bond donors (Lipinski definition) is 2. The zero-order valence-electron chi connectivity index (χ0n) is 18.8. The van der Waals surface area contributed by atoms with E-state index in [1.54, 1.807) is 0 Å². The van der Waals surface area contributed by atoms with E-state index in [1.165, 1.54) is 41.9 Å². The Kier molecular flexibility index (Phi) is 8.52. The number of carbonyl (C=O) groups is 1. The summed E-state index contributed by atoms with van der Waals surface area (Å²) in [7, 11) is -7.09. The molecule has 1 heterocycles. The molecule has 3 rings (SSSR count). The predicted octanol–water partition coefficient (Wildman–Crippen LogP) is 3.49. The molecule has 1 amide bonds. The van der Waals surface area contributed by atoms with Gasteiger partial charge in [-0.15, -0.1) is 13.2 Å². The highest BCUT2D eigenvalue weighted by Gasteiger charge is 2.32. The number of ether oxygens (including phenoxy) is 2. The SMILES string of the molecule is O=C(NO)C(CC1CCS(=O)(=O)CC1)CS(=O)(=O)c1ccc(Oc2ccc(OC(F)(F)F)cc2)cc1. The van der Waals surface area contributed by atoms with Crippen LogP contribution in [-0.2, 0) is 24.5 Å². The van der Waals surface area contributed by atoms with Gasteiger partial charge in [-0.1, -0.05) is 0 Å². The van der Waals surface area contributed by atoms with E-state index in [4.69, 9.17) is 9.94 Å². The zero-order valence-corrected chi connectivity index (χ0v) is 20.4. The molecule has 0 spiro atoms. The second kappa shape index (κ2) is 11.0. The van der Waals surface area contributed by atoms with Crippen molar-refractivity contribution in [3.63, 3.8) is 0 Å². The maximum Gasteiger partial charge on any atom is 0.573 e. The summed E-state index contributed by atoms with van der Waals surface area (Å²) in [6, 6.07) is 9.84. The van der Waals surface area contributed by atoms with Crippen molar-refractivity contribution in [1.29, 1.82) is 0 Å². The largest absolute Gasteiger partial charge is 0.573 e. The molecule has 0 saturated carbocycles. The third-order valence-electron chi connectivity index (χ3n) is 5.67. The van der Waals surface area contributed by atoms with Crippen LogP contribution in [0.2, 0.25) is 0 Å². The number of benzene rings is 2. The van der Waals surface area contributed by atoms with Gasteiger partial charge in [0, 0.05) is 0 Å². The van der Waals surface area contributed by atoms with Crippen molar-refractivity contribution in [3.8, 4) is 17.2 Å². The van der Waals surface area contributed by atoms with Crippen LogP contribution in [0.4, 0.5) is 13.2 Å². The first kappa shape index (κ1) is 27.7. The molecule has 0 bridgehead atoms. The quantitative estimate of drug-likeness (QED) is 0.357. The fourth-order valence-corrected chi connectivity index (χ4v) is 6.99. The summed E-state index contributed by atoms with van der Waals surface area (Å²) >= 11 is 0. The fraction of sp³-hybridized carbons (Fsp3) is 0.409. The second-order valence-corrected chi connectivity index (χ2v) is 12.7. The molecule has 1 unspecified atom stereocenters. The first-order valence-corrected chi connectivity index (χ1v) is 14.2. The normalized spacial score (nSPS) is 17.2. The Morgan fingerprint density at radius 3 is 2.00 bits per heavy atom. The van der Waals surface area contributed by atoms with Gasteiger partial charge in [0.15, 0.2) is 9.84 Å². The van der Waals surface area contributed by atoms with Gasteiger partial charge in [0.05, 0.1) is 28.1 Å². The van der Waals surface area contributed by atoms with Crippen LogP contribution in [0.3, 0.4) is 0 Å². The topological polar surface area (TPSA) is 136 Å². The summed E-state index contributed by atoms with van der Waals surface area (Å²) < 4.78 is 95.1. The number of nitrogens with one attached hydrogen (secondary N) is 1. The molecule has 0 aromatic heterocycles. The predicted molar refractivity (Wildman–Crippen MR) is 121 cm³/mol. The number of rotatable bonds is 9. The van der Waals surface area contributed by atoms with Crippen LogP contribution in [0.25, 0.3) is 0 Å². The number of amides is 1. The van der Waals surface area contributed by atoms with Gasteiger partial charge >= 0.3 is 6.36 Å². The van der Waals surface area contributed by atoms with Crippen LogP contribution < -0.4 is 15.0 Å². The molecule has 0 aliphatic carbocycles. The lowest BCUT2D eigenvalue weighted by Gasteiger charge is -2.25. The second-order valence-electron chi connectivity index (χ2n) is 8.38. The number of alkyl halides is 3. The first-order chi connectivity index (χ1) is 16.8.